The topological polar surface area (TPSA) is 89.0 Å². The summed E-state index contributed by atoms with van der Waals surface area (Å²) < 4.78 is 23.4. The van der Waals surface area contributed by atoms with Gasteiger partial charge in [0.25, 0.3) is 5.91 Å². The molecule has 0 atom stereocenters. The van der Waals surface area contributed by atoms with E-state index < -0.39 is 5.91 Å². The van der Waals surface area contributed by atoms with Gasteiger partial charge in [-0.2, -0.15) is 0 Å². The monoisotopic (exact) mass is 361 g/mol. The van der Waals surface area contributed by atoms with E-state index in [-0.39, 0.29) is 23.6 Å². The largest absolute Gasteiger partial charge is 0.477 e. The first-order valence-electron chi connectivity index (χ1n) is 8.27. The van der Waals surface area contributed by atoms with Gasteiger partial charge < -0.3 is 19.8 Å². The summed E-state index contributed by atoms with van der Waals surface area (Å²) in [5.74, 6) is -0.413. The van der Waals surface area contributed by atoms with Gasteiger partial charge in [0.05, 0.1) is 6.54 Å². The predicted octanol–water partition coefficient (Wildman–Crippen LogP) is 0.965. The number of nitrogens with zero attached hydrogens (tertiary/aromatic N) is 2. The number of nitrogens with two attached hydrogens (primary N) is 1. The van der Waals surface area contributed by atoms with Gasteiger partial charge >= 0.3 is 0 Å². The van der Waals surface area contributed by atoms with Crippen LogP contribution in [0.15, 0.2) is 45.8 Å². The lowest BCUT2D eigenvalue weighted by molar-refractivity contribution is -0.119. The van der Waals surface area contributed by atoms with E-state index in [1.807, 2.05) is 0 Å². The number of carbonyl (C=O) groups is 1. The minimum atomic E-state index is -0.660. The van der Waals surface area contributed by atoms with Crippen LogP contribution in [0.1, 0.15) is 5.76 Å². The fourth-order valence-corrected chi connectivity index (χ4v) is 2.81. The van der Waals surface area contributed by atoms with Gasteiger partial charge in [-0.3, -0.25) is 14.5 Å². The summed E-state index contributed by atoms with van der Waals surface area (Å²) in [5, 5.41) is 0. The predicted molar refractivity (Wildman–Crippen MR) is 93.6 cm³/mol. The summed E-state index contributed by atoms with van der Waals surface area (Å²) in [6.07, 6.45) is 1.20. The summed E-state index contributed by atoms with van der Waals surface area (Å²) in [4.78, 5) is 27.0. The molecule has 0 radical (unpaired) electrons. The van der Waals surface area contributed by atoms with E-state index in [0.717, 1.165) is 31.9 Å². The third-order valence-corrected chi connectivity index (χ3v) is 4.17. The molecule has 0 spiro atoms. The van der Waals surface area contributed by atoms with Crippen molar-refractivity contribution in [2.45, 2.75) is 6.54 Å². The van der Waals surface area contributed by atoms with Crippen LogP contribution >= 0.6 is 0 Å². The van der Waals surface area contributed by atoms with E-state index in [2.05, 4.69) is 9.80 Å². The Morgan fingerprint density at radius 3 is 2.50 bits per heavy atom. The van der Waals surface area contributed by atoms with Gasteiger partial charge in [-0.1, -0.05) is 0 Å². The maximum atomic E-state index is 13.0. The molecule has 1 fully saturated rings. The highest BCUT2D eigenvalue weighted by Crippen LogP contribution is 2.18. The SMILES string of the molecule is NC(=O)COc1coc(CN2CCN(c3ccc(F)cc3)CC2)cc1=O. The van der Waals surface area contributed by atoms with Crippen molar-refractivity contribution < 1.29 is 18.3 Å². The van der Waals surface area contributed by atoms with E-state index in [1.165, 1.54) is 24.5 Å². The molecule has 1 aromatic carbocycles. The van der Waals surface area contributed by atoms with Crippen LogP contribution in [0.25, 0.3) is 0 Å². The molecule has 1 aliphatic heterocycles. The first-order valence-corrected chi connectivity index (χ1v) is 8.27. The molecule has 0 aliphatic carbocycles. The van der Waals surface area contributed by atoms with Crippen molar-refractivity contribution in [2.75, 3.05) is 37.7 Å². The van der Waals surface area contributed by atoms with Crippen LogP contribution < -0.4 is 20.8 Å². The molecule has 2 aromatic rings. The molecule has 1 aromatic heterocycles. The molecule has 1 saturated heterocycles. The Morgan fingerprint density at radius 1 is 1.19 bits per heavy atom. The average Bonchev–Trinajstić information content (AvgIpc) is 2.62. The molecule has 138 valence electrons. The van der Waals surface area contributed by atoms with Gasteiger partial charge in [0.15, 0.2) is 6.61 Å². The van der Waals surface area contributed by atoms with E-state index in [0.29, 0.717) is 12.3 Å². The molecule has 2 N–H and O–H groups in total. The number of amides is 1. The number of hydrogen-bond acceptors (Lipinski definition) is 6. The highest BCUT2D eigenvalue weighted by Gasteiger charge is 2.18. The Hall–Kier alpha value is -2.87. The van der Waals surface area contributed by atoms with Gasteiger partial charge in [-0.25, -0.2) is 4.39 Å². The van der Waals surface area contributed by atoms with Gasteiger partial charge in [-0.15, -0.1) is 0 Å². The number of carbonyl (C=O) groups excluding carboxylic acids is 1. The Morgan fingerprint density at radius 2 is 1.88 bits per heavy atom. The Labute approximate surface area is 149 Å². The number of piperazine rings is 1. The molecule has 3 rings (SSSR count). The zero-order valence-corrected chi connectivity index (χ0v) is 14.2. The summed E-state index contributed by atoms with van der Waals surface area (Å²) in [6.45, 7) is 3.32. The van der Waals surface area contributed by atoms with Crippen LogP contribution in [0, 0.1) is 5.82 Å². The Bertz CT molecular complexity index is 814. The molecule has 7 nitrogen and oxygen atoms in total. The van der Waals surface area contributed by atoms with E-state index >= 15 is 0 Å². The van der Waals surface area contributed by atoms with Crippen molar-refractivity contribution in [2.24, 2.45) is 5.73 Å². The van der Waals surface area contributed by atoms with Crippen molar-refractivity contribution in [3.8, 4) is 5.75 Å². The van der Waals surface area contributed by atoms with Gasteiger partial charge in [-0.05, 0) is 24.3 Å². The summed E-state index contributed by atoms with van der Waals surface area (Å²) >= 11 is 0. The number of rotatable bonds is 6. The maximum absolute atomic E-state index is 13.0. The highest BCUT2D eigenvalue weighted by atomic mass is 19.1. The standard InChI is InChI=1S/C18H20FN3O4/c19-13-1-3-14(4-2-13)22-7-5-21(6-8-22)10-15-9-16(23)17(11-25-15)26-12-18(20)24/h1-4,9,11H,5-8,10,12H2,(H2,20,24). The van der Waals surface area contributed by atoms with Crippen LogP contribution in [0.5, 0.6) is 5.75 Å². The van der Waals surface area contributed by atoms with Crippen LogP contribution in [-0.2, 0) is 11.3 Å². The molecule has 0 unspecified atom stereocenters. The van der Waals surface area contributed by atoms with Crippen molar-refractivity contribution in [3.63, 3.8) is 0 Å². The van der Waals surface area contributed by atoms with Crippen molar-refractivity contribution in [1.82, 2.24) is 4.90 Å². The summed E-state index contributed by atoms with van der Waals surface area (Å²) in [7, 11) is 0. The number of benzene rings is 1. The number of anilines is 1. The van der Waals surface area contributed by atoms with Crippen molar-refractivity contribution in [3.05, 3.63) is 58.4 Å². The average molecular weight is 361 g/mol. The molecule has 0 bridgehead atoms. The highest BCUT2D eigenvalue weighted by molar-refractivity contribution is 5.75. The minimum absolute atomic E-state index is 0.0336. The number of hydrogen-bond donors (Lipinski definition) is 1. The zero-order chi connectivity index (χ0) is 18.5. The molecule has 1 amide bonds. The maximum Gasteiger partial charge on any atom is 0.255 e. The quantitative estimate of drug-likeness (QED) is 0.825. The number of primary amides is 1. The van der Waals surface area contributed by atoms with E-state index in [4.69, 9.17) is 14.9 Å². The zero-order valence-electron chi connectivity index (χ0n) is 14.2. The first kappa shape index (κ1) is 17.9. The smallest absolute Gasteiger partial charge is 0.255 e. The molecular weight excluding hydrogens is 341 g/mol. The second-order valence-corrected chi connectivity index (χ2v) is 6.07. The third-order valence-electron chi connectivity index (χ3n) is 4.17. The Balaban J connectivity index is 1.54. The van der Waals surface area contributed by atoms with E-state index in [1.54, 1.807) is 12.1 Å². The van der Waals surface area contributed by atoms with Crippen LogP contribution in [0.2, 0.25) is 0 Å². The van der Waals surface area contributed by atoms with Crippen molar-refractivity contribution >= 4 is 11.6 Å². The van der Waals surface area contributed by atoms with Crippen molar-refractivity contribution in [1.29, 1.82) is 0 Å². The minimum Gasteiger partial charge on any atom is -0.477 e. The molecule has 26 heavy (non-hydrogen) atoms. The van der Waals surface area contributed by atoms with Crippen LogP contribution in [0.3, 0.4) is 0 Å². The molecular formula is C18H20FN3O4. The second-order valence-electron chi connectivity index (χ2n) is 6.07. The third kappa shape index (κ3) is 4.60. The normalized spacial score (nSPS) is 15.0. The summed E-state index contributed by atoms with van der Waals surface area (Å²) in [5.41, 5.74) is 5.62. The lowest BCUT2D eigenvalue weighted by Crippen LogP contribution is -2.46. The number of ether oxygens (including phenoxy) is 1. The molecule has 0 saturated carbocycles. The van der Waals surface area contributed by atoms with Gasteiger partial charge in [0.2, 0.25) is 11.2 Å². The molecule has 1 aliphatic rings. The lowest BCUT2D eigenvalue weighted by atomic mass is 10.2. The fourth-order valence-electron chi connectivity index (χ4n) is 2.81. The van der Waals surface area contributed by atoms with Crippen LogP contribution in [0.4, 0.5) is 10.1 Å². The first-order chi connectivity index (χ1) is 12.5. The fraction of sp³-hybridized carbons (Fsp3) is 0.333. The van der Waals surface area contributed by atoms with Gasteiger partial charge in [0, 0.05) is 37.9 Å². The number of halogens is 1. The lowest BCUT2D eigenvalue weighted by Gasteiger charge is -2.35. The van der Waals surface area contributed by atoms with Crippen LogP contribution in [-0.4, -0.2) is 43.6 Å². The Kier molecular flexibility index (Phi) is 5.52. The van der Waals surface area contributed by atoms with E-state index in [9.17, 15) is 14.0 Å². The molecule has 8 heteroatoms. The second kappa shape index (κ2) is 8.01. The molecule has 2 heterocycles. The summed E-state index contributed by atoms with van der Waals surface area (Å²) in [6, 6.07) is 7.82. The van der Waals surface area contributed by atoms with Gasteiger partial charge in [0.1, 0.15) is 17.8 Å².